The molecular weight excluding hydrogens is 245 g/mol. The van der Waals surface area contributed by atoms with Crippen molar-refractivity contribution in [2.75, 3.05) is 12.3 Å². The number of benzene rings is 1. The number of hydrogen-bond donors (Lipinski definition) is 1. The maximum absolute atomic E-state index is 13.7. The van der Waals surface area contributed by atoms with Gasteiger partial charge in [0.25, 0.3) is 0 Å². The highest BCUT2D eigenvalue weighted by Gasteiger charge is 2.26. The lowest BCUT2D eigenvalue weighted by molar-refractivity contribution is 0.499. The van der Waals surface area contributed by atoms with Gasteiger partial charge in [-0.25, -0.2) is 4.39 Å². The van der Waals surface area contributed by atoms with Crippen LogP contribution in [0.25, 0.3) is 0 Å². The van der Waals surface area contributed by atoms with Crippen molar-refractivity contribution in [1.82, 2.24) is 5.32 Å². The monoisotopic (exact) mass is 267 g/mol. The number of nitrogens with one attached hydrogen (secondary N) is 1. The molecule has 0 aliphatic carbocycles. The number of hydrogen-bond acceptors (Lipinski definition) is 2. The average Bonchev–Trinajstić information content (AvgIpc) is 2.88. The fourth-order valence-electron chi connectivity index (χ4n) is 2.43. The lowest BCUT2D eigenvalue weighted by Gasteiger charge is -2.25. The molecule has 1 nitrogen and oxygen atoms in total. The van der Waals surface area contributed by atoms with E-state index in [1.165, 1.54) is 18.6 Å². The van der Waals surface area contributed by atoms with Gasteiger partial charge in [0, 0.05) is 11.3 Å². The summed E-state index contributed by atoms with van der Waals surface area (Å²) in [6, 6.07) is 5.98. The molecule has 1 aliphatic heterocycles. The summed E-state index contributed by atoms with van der Waals surface area (Å²) in [5, 5.41) is 4.18. The van der Waals surface area contributed by atoms with Crippen molar-refractivity contribution in [3.05, 3.63) is 35.1 Å². The van der Waals surface area contributed by atoms with E-state index in [2.05, 4.69) is 18.3 Å². The number of thioether (sulfide) groups is 1. The predicted octanol–water partition coefficient (Wildman–Crippen LogP) is 4.07. The summed E-state index contributed by atoms with van der Waals surface area (Å²) in [4.78, 5) is 0. The lowest BCUT2D eigenvalue weighted by atomic mass is 9.99. The Morgan fingerprint density at radius 3 is 2.94 bits per heavy atom. The van der Waals surface area contributed by atoms with Gasteiger partial charge in [0.15, 0.2) is 0 Å². The molecule has 1 N–H and O–H groups in total. The fourth-order valence-corrected chi connectivity index (χ4v) is 3.85. The van der Waals surface area contributed by atoms with E-state index in [1.807, 2.05) is 24.8 Å². The molecule has 3 heteroatoms. The Labute approximate surface area is 114 Å². The Bertz CT molecular complexity index is 388. The molecule has 0 saturated carbocycles. The van der Waals surface area contributed by atoms with Crippen molar-refractivity contribution in [1.29, 1.82) is 0 Å². The predicted molar refractivity (Wildman–Crippen MR) is 77.7 cm³/mol. The third-order valence-electron chi connectivity index (χ3n) is 3.51. The van der Waals surface area contributed by atoms with Crippen LogP contribution in [0.3, 0.4) is 0 Å². The molecule has 0 amide bonds. The summed E-state index contributed by atoms with van der Waals surface area (Å²) in [6.45, 7) is 4.98. The van der Waals surface area contributed by atoms with Crippen molar-refractivity contribution in [3.63, 3.8) is 0 Å². The maximum Gasteiger partial charge on any atom is 0.126 e. The molecule has 2 rings (SSSR count). The Morgan fingerprint density at radius 1 is 1.50 bits per heavy atom. The number of rotatable bonds is 5. The molecular formula is C15H22FNS. The van der Waals surface area contributed by atoms with Crippen LogP contribution in [0, 0.1) is 12.7 Å². The molecule has 1 saturated heterocycles. The van der Waals surface area contributed by atoms with Crippen LogP contribution in [0.2, 0.25) is 0 Å². The van der Waals surface area contributed by atoms with Crippen LogP contribution in [-0.4, -0.2) is 17.5 Å². The van der Waals surface area contributed by atoms with Crippen LogP contribution < -0.4 is 5.32 Å². The number of halogens is 1. The van der Waals surface area contributed by atoms with Crippen LogP contribution in [0.4, 0.5) is 4.39 Å². The van der Waals surface area contributed by atoms with Crippen LogP contribution in [0.5, 0.6) is 0 Å². The van der Waals surface area contributed by atoms with Crippen LogP contribution in [0.1, 0.15) is 43.4 Å². The average molecular weight is 267 g/mol. The fraction of sp³-hybridized carbons (Fsp3) is 0.600. The molecule has 2 atom stereocenters. The molecule has 1 aromatic carbocycles. The first-order chi connectivity index (χ1) is 8.72. The first-order valence-corrected chi connectivity index (χ1v) is 7.88. The summed E-state index contributed by atoms with van der Waals surface area (Å²) < 4.78 is 13.7. The molecule has 0 radical (unpaired) electrons. The highest BCUT2D eigenvalue weighted by molar-refractivity contribution is 8.00. The van der Waals surface area contributed by atoms with Gasteiger partial charge in [0.05, 0.1) is 0 Å². The van der Waals surface area contributed by atoms with Gasteiger partial charge in [0.1, 0.15) is 5.82 Å². The Kier molecular flexibility index (Phi) is 5.07. The van der Waals surface area contributed by atoms with Crippen molar-refractivity contribution in [2.45, 2.75) is 44.4 Å². The lowest BCUT2D eigenvalue weighted by Crippen LogP contribution is -2.29. The SMILES string of the molecule is CCCNC(c1ccc(C)c(F)c1)C1CCCS1. The molecule has 1 aliphatic rings. The van der Waals surface area contributed by atoms with Crippen molar-refractivity contribution in [3.8, 4) is 0 Å². The largest absolute Gasteiger partial charge is 0.309 e. The molecule has 0 aromatic heterocycles. The molecule has 2 unspecified atom stereocenters. The van der Waals surface area contributed by atoms with Crippen LogP contribution in [-0.2, 0) is 0 Å². The van der Waals surface area contributed by atoms with E-state index >= 15 is 0 Å². The van der Waals surface area contributed by atoms with Crippen molar-refractivity contribution >= 4 is 11.8 Å². The number of aryl methyl sites for hydroxylation is 1. The third kappa shape index (κ3) is 3.27. The van der Waals surface area contributed by atoms with Gasteiger partial charge >= 0.3 is 0 Å². The highest BCUT2D eigenvalue weighted by atomic mass is 32.2. The van der Waals surface area contributed by atoms with Gasteiger partial charge < -0.3 is 5.32 Å². The molecule has 100 valence electrons. The van der Waals surface area contributed by atoms with E-state index in [4.69, 9.17) is 0 Å². The standard InChI is InChI=1S/C15H22FNS/c1-3-8-17-15(14-5-4-9-18-14)12-7-6-11(2)13(16)10-12/h6-7,10,14-15,17H,3-5,8-9H2,1-2H3. The van der Waals surface area contributed by atoms with Gasteiger partial charge in [-0.15, -0.1) is 0 Å². The topological polar surface area (TPSA) is 12.0 Å². The minimum absolute atomic E-state index is 0.0844. The van der Waals surface area contributed by atoms with Gasteiger partial charge in [-0.2, -0.15) is 11.8 Å². The van der Waals surface area contributed by atoms with E-state index < -0.39 is 0 Å². The van der Waals surface area contributed by atoms with Crippen LogP contribution >= 0.6 is 11.8 Å². The van der Waals surface area contributed by atoms with E-state index in [9.17, 15) is 4.39 Å². The molecule has 1 heterocycles. The second kappa shape index (κ2) is 6.58. The second-order valence-corrected chi connectivity index (χ2v) is 6.34. The summed E-state index contributed by atoms with van der Waals surface area (Å²) >= 11 is 2.02. The maximum atomic E-state index is 13.7. The summed E-state index contributed by atoms with van der Waals surface area (Å²) in [5.41, 5.74) is 1.83. The first-order valence-electron chi connectivity index (χ1n) is 6.83. The van der Waals surface area contributed by atoms with Crippen molar-refractivity contribution in [2.24, 2.45) is 0 Å². The van der Waals surface area contributed by atoms with Gasteiger partial charge in [-0.1, -0.05) is 19.1 Å². The zero-order valence-corrected chi connectivity index (χ0v) is 12.0. The van der Waals surface area contributed by atoms with E-state index in [1.54, 1.807) is 6.07 Å². The highest BCUT2D eigenvalue weighted by Crippen LogP contribution is 2.36. The second-order valence-electron chi connectivity index (χ2n) is 4.99. The first kappa shape index (κ1) is 13.9. The van der Waals surface area contributed by atoms with Crippen LogP contribution in [0.15, 0.2) is 18.2 Å². The third-order valence-corrected chi connectivity index (χ3v) is 4.97. The summed E-state index contributed by atoms with van der Waals surface area (Å²) in [7, 11) is 0. The Morgan fingerprint density at radius 2 is 2.33 bits per heavy atom. The quantitative estimate of drug-likeness (QED) is 0.863. The van der Waals surface area contributed by atoms with E-state index in [-0.39, 0.29) is 5.82 Å². The zero-order valence-electron chi connectivity index (χ0n) is 11.2. The van der Waals surface area contributed by atoms with Crippen molar-refractivity contribution < 1.29 is 4.39 Å². The smallest absolute Gasteiger partial charge is 0.126 e. The van der Waals surface area contributed by atoms with E-state index in [0.29, 0.717) is 11.3 Å². The molecule has 0 bridgehead atoms. The molecule has 1 fully saturated rings. The minimum Gasteiger partial charge on any atom is -0.309 e. The summed E-state index contributed by atoms with van der Waals surface area (Å²) in [5.74, 6) is 1.15. The Balaban J connectivity index is 2.17. The van der Waals surface area contributed by atoms with Gasteiger partial charge in [-0.3, -0.25) is 0 Å². The molecule has 1 aromatic rings. The van der Waals surface area contributed by atoms with Gasteiger partial charge in [0.2, 0.25) is 0 Å². The zero-order chi connectivity index (χ0) is 13.0. The molecule has 18 heavy (non-hydrogen) atoms. The van der Waals surface area contributed by atoms with E-state index in [0.717, 1.165) is 24.1 Å². The molecule has 0 spiro atoms. The Hall–Kier alpha value is -0.540. The summed E-state index contributed by atoms with van der Waals surface area (Å²) in [6.07, 6.45) is 3.64. The minimum atomic E-state index is -0.0844. The van der Waals surface area contributed by atoms with Gasteiger partial charge in [-0.05, 0) is 55.7 Å². The normalized spacial score (nSPS) is 21.2.